The number of benzene rings is 3. The van der Waals surface area contributed by atoms with Crippen LogP contribution in [-0.2, 0) is 0 Å². The van der Waals surface area contributed by atoms with Gasteiger partial charge in [-0.05, 0) is 66.6 Å². The summed E-state index contributed by atoms with van der Waals surface area (Å²) in [6.45, 7) is 4.08. The van der Waals surface area contributed by atoms with Gasteiger partial charge in [0.05, 0.1) is 6.10 Å². The number of aliphatic hydroxyl groups excluding tert-OH is 1. The van der Waals surface area contributed by atoms with E-state index in [1.54, 1.807) is 0 Å². The minimum absolute atomic E-state index is 0.273. The van der Waals surface area contributed by atoms with Crippen molar-refractivity contribution >= 4 is 17.3 Å². The van der Waals surface area contributed by atoms with Crippen LogP contribution in [0.25, 0.3) is 11.1 Å². The molecule has 0 saturated carbocycles. The van der Waals surface area contributed by atoms with Crippen molar-refractivity contribution in [3.8, 4) is 11.1 Å². The molecule has 1 heterocycles. The SMILES string of the molecule is Cc1ccc(N2CCC(C(O)c3ccccc3-c3ccc(Cl)cc3)CC2)cc1. The summed E-state index contributed by atoms with van der Waals surface area (Å²) < 4.78 is 0. The van der Waals surface area contributed by atoms with Gasteiger partial charge < -0.3 is 10.0 Å². The zero-order valence-corrected chi connectivity index (χ0v) is 16.9. The van der Waals surface area contributed by atoms with Crippen molar-refractivity contribution in [2.75, 3.05) is 18.0 Å². The zero-order valence-electron chi connectivity index (χ0n) is 16.2. The molecule has 4 rings (SSSR count). The topological polar surface area (TPSA) is 23.5 Å². The van der Waals surface area contributed by atoms with Gasteiger partial charge in [-0.25, -0.2) is 0 Å². The molecule has 0 aliphatic carbocycles. The predicted molar refractivity (Wildman–Crippen MR) is 118 cm³/mol. The van der Waals surface area contributed by atoms with E-state index in [1.807, 2.05) is 36.4 Å². The number of rotatable bonds is 4. The lowest BCUT2D eigenvalue weighted by atomic mass is 9.84. The van der Waals surface area contributed by atoms with Crippen LogP contribution >= 0.6 is 11.6 Å². The van der Waals surface area contributed by atoms with Gasteiger partial charge in [0.15, 0.2) is 0 Å². The average Bonchev–Trinajstić information content (AvgIpc) is 2.74. The van der Waals surface area contributed by atoms with Crippen molar-refractivity contribution in [1.29, 1.82) is 0 Å². The van der Waals surface area contributed by atoms with E-state index in [1.165, 1.54) is 11.3 Å². The van der Waals surface area contributed by atoms with E-state index in [0.717, 1.165) is 47.6 Å². The quantitative estimate of drug-likeness (QED) is 0.566. The normalized spacial score (nSPS) is 16.2. The van der Waals surface area contributed by atoms with Gasteiger partial charge in [0.1, 0.15) is 0 Å². The molecule has 1 N–H and O–H groups in total. The van der Waals surface area contributed by atoms with Gasteiger partial charge in [0.2, 0.25) is 0 Å². The van der Waals surface area contributed by atoms with E-state index in [2.05, 4.69) is 48.2 Å². The van der Waals surface area contributed by atoms with Crippen molar-refractivity contribution in [2.45, 2.75) is 25.9 Å². The van der Waals surface area contributed by atoms with Gasteiger partial charge >= 0.3 is 0 Å². The maximum Gasteiger partial charge on any atom is 0.0825 e. The third-order valence-corrected chi connectivity index (χ3v) is 6.07. The van der Waals surface area contributed by atoms with Gasteiger partial charge in [-0.1, -0.05) is 65.7 Å². The molecule has 28 heavy (non-hydrogen) atoms. The van der Waals surface area contributed by atoms with Crippen LogP contribution in [0, 0.1) is 12.8 Å². The number of piperidine rings is 1. The molecule has 3 aromatic rings. The molecule has 144 valence electrons. The molecule has 1 unspecified atom stereocenters. The molecular weight excluding hydrogens is 366 g/mol. The van der Waals surface area contributed by atoms with E-state index < -0.39 is 6.10 Å². The second kappa shape index (κ2) is 8.38. The van der Waals surface area contributed by atoms with Crippen molar-refractivity contribution in [3.05, 3.63) is 88.9 Å². The first-order valence-electron chi connectivity index (χ1n) is 9.96. The van der Waals surface area contributed by atoms with Gasteiger partial charge in [-0.15, -0.1) is 0 Å². The van der Waals surface area contributed by atoms with E-state index >= 15 is 0 Å². The lowest BCUT2D eigenvalue weighted by Crippen LogP contribution is -2.35. The summed E-state index contributed by atoms with van der Waals surface area (Å²) in [5, 5.41) is 11.9. The van der Waals surface area contributed by atoms with Crippen LogP contribution in [0.2, 0.25) is 5.02 Å². The number of halogens is 1. The van der Waals surface area contributed by atoms with Crippen LogP contribution in [0.4, 0.5) is 5.69 Å². The summed E-state index contributed by atoms with van der Waals surface area (Å²) in [4.78, 5) is 2.42. The third kappa shape index (κ3) is 4.09. The fourth-order valence-corrected chi connectivity index (χ4v) is 4.26. The number of nitrogens with zero attached hydrogens (tertiary/aromatic N) is 1. The summed E-state index contributed by atoms with van der Waals surface area (Å²) >= 11 is 6.04. The smallest absolute Gasteiger partial charge is 0.0825 e. The van der Waals surface area contributed by atoms with Crippen molar-refractivity contribution in [2.24, 2.45) is 5.92 Å². The van der Waals surface area contributed by atoms with Crippen LogP contribution in [0.1, 0.15) is 30.1 Å². The van der Waals surface area contributed by atoms with Crippen LogP contribution in [-0.4, -0.2) is 18.2 Å². The molecule has 0 radical (unpaired) electrons. The highest BCUT2D eigenvalue weighted by Gasteiger charge is 2.27. The highest BCUT2D eigenvalue weighted by Crippen LogP contribution is 2.37. The van der Waals surface area contributed by atoms with Crippen molar-refractivity contribution < 1.29 is 5.11 Å². The maximum absolute atomic E-state index is 11.2. The van der Waals surface area contributed by atoms with Crippen LogP contribution < -0.4 is 4.90 Å². The number of hydrogen-bond acceptors (Lipinski definition) is 2. The van der Waals surface area contributed by atoms with Crippen LogP contribution in [0.3, 0.4) is 0 Å². The molecule has 0 aromatic heterocycles. The molecule has 0 spiro atoms. The highest BCUT2D eigenvalue weighted by atomic mass is 35.5. The summed E-state index contributed by atoms with van der Waals surface area (Å²) in [6, 6.07) is 24.8. The molecular formula is C25H26ClNO. The van der Waals surface area contributed by atoms with Crippen molar-refractivity contribution in [3.63, 3.8) is 0 Å². The molecule has 1 atom stereocenters. The Morgan fingerprint density at radius 3 is 2.21 bits per heavy atom. The Morgan fingerprint density at radius 1 is 0.893 bits per heavy atom. The summed E-state index contributed by atoms with van der Waals surface area (Å²) in [5.41, 5.74) is 5.76. The molecule has 3 heteroatoms. The second-order valence-corrected chi connectivity index (χ2v) is 8.14. The first-order chi connectivity index (χ1) is 13.6. The molecule has 0 bridgehead atoms. The zero-order chi connectivity index (χ0) is 19.5. The molecule has 2 nitrogen and oxygen atoms in total. The Bertz CT molecular complexity index is 912. The highest BCUT2D eigenvalue weighted by molar-refractivity contribution is 6.30. The van der Waals surface area contributed by atoms with Gasteiger partial charge in [-0.3, -0.25) is 0 Å². The summed E-state index contributed by atoms with van der Waals surface area (Å²) in [5.74, 6) is 0.273. The molecule has 3 aromatic carbocycles. The fraction of sp³-hybridized carbons (Fsp3) is 0.280. The number of aliphatic hydroxyl groups is 1. The Labute approximate surface area is 172 Å². The lowest BCUT2D eigenvalue weighted by Gasteiger charge is -2.36. The summed E-state index contributed by atoms with van der Waals surface area (Å²) in [6.07, 6.45) is 1.53. The molecule has 1 aliphatic heterocycles. The number of aryl methyl sites for hydroxylation is 1. The standard InChI is InChI=1S/C25H26ClNO/c1-18-6-12-22(13-7-18)27-16-14-20(15-17-27)25(28)24-5-3-2-4-23(24)19-8-10-21(26)11-9-19/h2-13,20,25,28H,14-17H2,1H3. The first kappa shape index (κ1) is 19.0. The Balaban J connectivity index is 1.49. The Kier molecular flexibility index (Phi) is 5.70. The third-order valence-electron chi connectivity index (χ3n) is 5.82. The monoisotopic (exact) mass is 391 g/mol. The number of anilines is 1. The molecule has 1 saturated heterocycles. The first-order valence-corrected chi connectivity index (χ1v) is 10.3. The molecule has 1 aliphatic rings. The predicted octanol–water partition coefficient (Wildman–Crippen LogP) is 6.27. The minimum atomic E-state index is -0.452. The van der Waals surface area contributed by atoms with Gasteiger partial charge in [-0.2, -0.15) is 0 Å². The van der Waals surface area contributed by atoms with Crippen molar-refractivity contribution in [1.82, 2.24) is 0 Å². The van der Waals surface area contributed by atoms with Gasteiger partial charge in [0.25, 0.3) is 0 Å². The largest absolute Gasteiger partial charge is 0.388 e. The van der Waals surface area contributed by atoms with Gasteiger partial charge in [0, 0.05) is 23.8 Å². The summed E-state index contributed by atoms with van der Waals surface area (Å²) in [7, 11) is 0. The average molecular weight is 392 g/mol. The lowest BCUT2D eigenvalue weighted by molar-refractivity contribution is 0.0934. The minimum Gasteiger partial charge on any atom is -0.388 e. The molecule has 0 amide bonds. The Hall–Kier alpha value is -2.29. The van der Waals surface area contributed by atoms with E-state index in [9.17, 15) is 5.11 Å². The van der Waals surface area contributed by atoms with Crippen LogP contribution in [0.5, 0.6) is 0 Å². The van der Waals surface area contributed by atoms with Crippen LogP contribution in [0.15, 0.2) is 72.8 Å². The fourth-order valence-electron chi connectivity index (χ4n) is 4.13. The number of hydrogen-bond donors (Lipinski definition) is 1. The van der Waals surface area contributed by atoms with E-state index in [-0.39, 0.29) is 5.92 Å². The molecule has 1 fully saturated rings. The van der Waals surface area contributed by atoms with E-state index in [0.29, 0.717) is 0 Å². The second-order valence-electron chi connectivity index (χ2n) is 7.70. The Morgan fingerprint density at radius 2 is 1.54 bits per heavy atom. The van der Waals surface area contributed by atoms with E-state index in [4.69, 9.17) is 11.6 Å². The maximum atomic E-state index is 11.2.